The molecule has 27 heavy (non-hydrogen) atoms. The van der Waals surface area contributed by atoms with Crippen LogP contribution in [0.5, 0.6) is 11.5 Å². The molecule has 0 aromatic heterocycles. The summed E-state index contributed by atoms with van der Waals surface area (Å²) in [5, 5.41) is 0. The molecule has 5 heteroatoms. The van der Waals surface area contributed by atoms with Crippen molar-refractivity contribution < 1.29 is 18.8 Å². The summed E-state index contributed by atoms with van der Waals surface area (Å²) in [6.07, 6.45) is 14.5. The zero-order chi connectivity index (χ0) is 19.5. The van der Waals surface area contributed by atoms with E-state index in [9.17, 15) is 9.36 Å². The number of unbranched alkanes of at least 4 members (excludes halogenated alkanes) is 5. The molecule has 1 aromatic carbocycles. The SMILES string of the molecule is COc1cccc(OC)c1C(=O)[P+](=O)CCCCCCCCC1CCCC1. The fourth-order valence-corrected chi connectivity index (χ4v) is 5.17. The Morgan fingerprint density at radius 2 is 1.52 bits per heavy atom. The number of benzene rings is 1. The molecule has 2 rings (SSSR count). The smallest absolute Gasteiger partial charge is 0.420 e. The number of rotatable bonds is 13. The predicted octanol–water partition coefficient (Wildman–Crippen LogP) is 6.59. The normalized spacial score (nSPS) is 15.0. The lowest BCUT2D eigenvalue weighted by Crippen LogP contribution is -2.03. The topological polar surface area (TPSA) is 52.6 Å². The first kappa shape index (κ1) is 21.9. The van der Waals surface area contributed by atoms with Gasteiger partial charge in [0.15, 0.2) is 11.7 Å². The maximum atomic E-state index is 12.6. The van der Waals surface area contributed by atoms with Gasteiger partial charge in [0.05, 0.1) is 14.2 Å². The van der Waals surface area contributed by atoms with Crippen molar-refractivity contribution in [3.05, 3.63) is 23.8 Å². The van der Waals surface area contributed by atoms with Gasteiger partial charge in [0, 0.05) is 0 Å². The van der Waals surface area contributed by atoms with Crippen LogP contribution in [0.4, 0.5) is 0 Å². The number of ether oxygens (including phenoxy) is 2. The van der Waals surface area contributed by atoms with Crippen LogP contribution in [-0.4, -0.2) is 25.9 Å². The van der Waals surface area contributed by atoms with Gasteiger partial charge >= 0.3 is 13.3 Å². The van der Waals surface area contributed by atoms with Crippen molar-refractivity contribution in [2.75, 3.05) is 20.4 Å². The summed E-state index contributed by atoms with van der Waals surface area (Å²) in [5.74, 6) is 1.84. The van der Waals surface area contributed by atoms with Crippen LogP contribution in [0.2, 0.25) is 0 Å². The molecule has 1 fully saturated rings. The first-order valence-corrected chi connectivity index (χ1v) is 11.8. The van der Waals surface area contributed by atoms with Gasteiger partial charge in [-0.1, -0.05) is 68.4 Å². The monoisotopic (exact) mass is 393 g/mol. The van der Waals surface area contributed by atoms with E-state index in [0.717, 1.165) is 18.8 Å². The molecule has 1 aliphatic rings. The second-order valence-corrected chi connectivity index (χ2v) is 9.12. The van der Waals surface area contributed by atoms with Gasteiger partial charge in [-0.05, 0) is 30.9 Å². The summed E-state index contributed by atoms with van der Waals surface area (Å²) in [5.41, 5.74) is -0.0635. The predicted molar refractivity (Wildman–Crippen MR) is 111 cm³/mol. The second-order valence-electron chi connectivity index (χ2n) is 7.51. The van der Waals surface area contributed by atoms with Crippen molar-refractivity contribution in [1.29, 1.82) is 0 Å². The van der Waals surface area contributed by atoms with Gasteiger partial charge in [-0.2, -0.15) is 0 Å². The Hall–Kier alpha value is -1.41. The molecular weight excluding hydrogens is 359 g/mol. The summed E-state index contributed by atoms with van der Waals surface area (Å²) >= 11 is 0. The maximum absolute atomic E-state index is 12.6. The van der Waals surface area contributed by atoms with E-state index in [-0.39, 0.29) is 5.52 Å². The first-order valence-electron chi connectivity index (χ1n) is 10.4. The van der Waals surface area contributed by atoms with Crippen LogP contribution in [0.15, 0.2) is 18.2 Å². The Morgan fingerprint density at radius 3 is 2.11 bits per heavy atom. The van der Waals surface area contributed by atoms with Crippen molar-refractivity contribution >= 4 is 13.3 Å². The Balaban J connectivity index is 1.64. The van der Waals surface area contributed by atoms with E-state index in [1.54, 1.807) is 18.2 Å². The van der Waals surface area contributed by atoms with Crippen LogP contribution in [0.1, 0.15) is 81.0 Å². The van der Waals surface area contributed by atoms with Crippen molar-refractivity contribution in [3.63, 3.8) is 0 Å². The summed E-state index contributed by atoms with van der Waals surface area (Å²) < 4.78 is 22.9. The number of carbonyl (C=O) groups excluding carboxylic acids is 1. The lowest BCUT2D eigenvalue weighted by Gasteiger charge is -2.08. The van der Waals surface area contributed by atoms with Gasteiger partial charge in [-0.15, -0.1) is 0 Å². The number of carbonyl (C=O) groups is 1. The van der Waals surface area contributed by atoms with Crippen LogP contribution < -0.4 is 9.47 Å². The summed E-state index contributed by atoms with van der Waals surface area (Å²) in [4.78, 5) is 12.6. The van der Waals surface area contributed by atoms with E-state index in [2.05, 4.69) is 0 Å². The first-order chi connectivity index (χ1) is 13.2. The molecule has 0 N–H and O–H groups in total. The highest BCUT2D eigenvalue weighted by molar-refractivity contribution is 7.64. The van der Waals surface area contributed by atoms with Gasteiger partial charge in [0.1, 0.15) is 11.5 Å². The highest BCUT2D eigenvalue weighted by atomic mass is 31.1. The third-order valence-corrected chi connectivity index (χ3v) is 6.97. The molecule has 0 aliphatic heterocycles. The van der Waals surface area contributed by atoms with E-state index < -0.39 is 7.80 Å². The molecule has 0 bridgehead atoms. The Morgan fingerprint density at radius 1 is 0.963 bits per heavy atom. The molecule has 0 amide bonds. The molecule has 0 saturated heterocycles. The fraction of sp³-hybridized carbons (Fsp3) is 0.682. The van der Waals surface area contributed by atoms with E-state index in [0.29, 0.717) is 23.2 Å². The minimum absolute atomic E-state index is 0.301. The van der Waals surface area contributed by atoms with Crippen LogP contribution in [0, 0.1) is 5.92 Å². The average Bonchev–Trinajstić information content (AvgIpc) is 3.21. The molecule has 0 heterocycles. The van der Waals surface area contributed by atoms with Crippen molar-refractivity contribution in [2.24, 2.45) is 5.92 Å². The second kappa shape index (κ2) is 12.1. The standard InChI is InChI=1S/C22H34O4P/c1-25-19-15-11-16-20(26-2)21(19)22(23)27(24)17-10-6-4-3-5-7-12-18-13-8-9-14-18/h11,15-16,18H,3-10,12-14,17H2,1-2H3/q+1. The van der Waals surface area contributed by atoms with Gasteiger partial charge in [-0.3, -0.25) is 0 Å². The van der Waals surface area contributed by atoms with Gasteiger partial charge in [0.25, 0.3) is 0 Å². The summed E-state index contributed by atoms with van der Waals surface area (Å²) in [6.45, 7) is 0. The third kappa shape index (κ3) is 6.92. The van der Waals surface area contributed by atoms with E-state index in [1.807, 2.05) is 0 Å². The molecule has 0 spiro atoms. The average molecular weight is 393 g/mol. The van der Waals surface area contributed by atoms with Gasteiger partial charge < -0.3 is 9.47 Å². The molecule has 1 unspecified atom stereocenters. The highest BCUT2D eigenvalue weighted by Crippen LogP contribution is 2.38. The van der Waals surface area contributed by atoms with E-state index in [4.69, 9.17) is 9.47 Å². The Kier molecular flexibility index (Phi) is 9.83. The summed E-state index contributed by atoms with van der Waals surface area (Å²) in [6, 6.07) is 5.16. The quantitative estimate of drug-likeness (QED) is 0.280. The summed E-state index contributed by atoms with van der Waals surface area (Å²) in [7, 11) is 1.07. The zero-order valence-electron chi connectivity index (χ0n) is 16.9. The van der Waals surface area contributed by atoms with Crippen LogP contribution in [0.25, 0.3) is 0 Å². The van der Waals surface area contributed by atoms with Crippen LogP contribution in [0.3, 0.4) is 0 Å². The zero-order valence-corrected chi connectivity index (χ0v) is 17.8. The van der Waals surface area contributed by atoms with Crippen molar-refractivity contribution in [1.82, 2.24) is 0 Å². The minimum atomic E-state index is -1.94. The minimum Gasteiger partial charge on any atom is -0.496 e. The van der Waals surface area contributed by atoms with Gasteiger partial charge in [0.2, 0.25) is 0 Å². The molecule has 0 radical (unpaired) electrons. The molecule has 1 atom stereocenters. The molecule has 4 nitrogen and oxygen atoms in total. The lowest BCUT2D eigenvalue weighted by molar-refractivity contribution is 0.107. The molecule has 1 aliphatic carbocycles. The fourth-order valence-electron chi connectivity index (χ4n) is 3.98. The van der Waals surface area contributed by atoms with Gasteiger partial charge in [-0.25, -0.2) is 4.79 Å². The third-order valence-electron chi connectivity index (χ3n) is 5.57. The molecule has 1 aromatic rings. The maximum Gasteiger partial charge on any atom is 0.420 e. The Labute approximate surface area is 164 Å². The van der Waals surface area contributed by atoms with E-state index >= 15 is 0 Å². The van der Waals surface area contributed by atoms with Crippen LogP contribution >= 0.6 is 7.80 Å². The largest absolute Gasteiger partial charge is 0.496 e. The molecule has 1 saturated carbocycles. The van der Waals surface area contributed by atoms with Crippen LogP contribution in [-0.2, 0) is 4.57 Å². The highest BCUT2D eigenvalue weighted by Gasteiger charge is 2.34. The molecule has 150 valence electrons. The lowest BCUT2D eigenvalue weighted by atomic mass is 9.99. The van der Waals surface area contributed by atoms with Crippen molar-refractivity contribution in [2.45, 2.75) is 70.6 Å². The molecular formula is C22H34O4P+. The van der Waals surface area contributed by atoms with Crippen molar-refractivity contribution in [3.8, 4) is 11.5 Å². The number of hydrogen-bond donors (Lipinski definition) is 0. The Bertz CT molecular complexity index is 586. The van der Waals surface area contributed by atoms with E-state index in [1.165, 1.54) is 72.0 Å². The number of methoxy groups -OCH3 is 2. The number of hydrogen-bond acceptors (Lipinski definition) is 4.